The van der Waals surface area contributed by atoms with E-state index in [1.54, 1.807) is 19.4 Å². The molecule has 0 unspecified atom stereocenters. The van der Waals surface area contributed by atoms with Crippen molar-refractivity contribution in [3.63, 3.8) is 0 Å². The van der Waals surface area contributed by atoms with Crippen molar-refractivity contribution >= 4 is 5.91 Å². The molecule has 1 amide bonds. The second-order valence-electron chi connectivity index (χ2n) is 4.40. The summed E-state index contributed by atoms with van der Waals surface area (Å²) in [6, 6.07) is 3.21. The number of carbonyl (C=O) groups is 1. The molecule has 0 aliphatic carbocycles. The maximum absolute atomic E-state index is 12.1. The maximum Gasteiger partial charge on any atom is 0.292 e. The molecule has 1 rings (SSSR count). The fourth-order valence-electron chi connectivity index (χ4n) is 1.64. The van der Waals surface area contributed by atoms with Gasteiger partial charge in [0.1, 0.15) is 0 Å². The Kier molecular flexibility index (Phi) is 8.89. The predicted octanol–water partition coefficient (Wildman–Crippen LogP) is -1.03. The van der Waals surface area contributed by atoms with Crippen LogP contribution in [-0.2, 0) is 20.8 Å². The Morgan fingerprint density at radius 1 is 1.36 bits per heavy atom. The van der Waals surface area contributed by atoms with Crippen LogP contribution in [0.15, 0.2) is 23.1 Å². The summed E-state index contributed by atoms with van der Waals surface area (Å²) in [6.07, 6.45) is 1.64. The molecule has 0 radical (unpaired) electrons. The van der Waals surface area contributed by atoms with Crippen molar-refractivity contribution < 1.29 is 19.0 Å². The minimum absolute atomic E-state index is 0.128. The van der Waals surface area contributed by atoms with Gasteiger partial charge in [-0.1, -0.05) is 0 Å². The number of nitrogens with one attached hydrogen (secondary N) is 1. The van der Waals surface area contributed by atoms with Crippen LogP contribution in [0.25, 0.3) is 0 Å². The maximum atomic E-state index is 12.1. The van der Waals surface area contributed by atoms with E-state index in [1.807, 2.05) is 0 Å². The van der Waals surface area contributed by atoms with Crippen LogP contribution in [0.2, 0.25) is 0 Å². The molecule has 1 heterocycles. The Bertz CT molecular complexity index is 503. The third kappa shape index (κ3) is 6.70. The number of ether oxygens (including phenoxy) is 3. The third-order valence-corrected chi connectivity index (χ3v) is 2.71. The van der Waals surface area contributed by atoms with E-state index in [9.17, 15) is 9.59 Å². The zero-order valence-electron chi connectivity index (χ0n) is 12.7. The standard InChI is InChI=1S/C14H23N3O5/c1-20-9-5-16-13(18)11-22-12-3-2-6-17(14(12)19)7-10-21-8-4-15/h2-3,6H,4-5,7-11,15H2,1H3,(H,16,18). The Morgan fingerprint density at radius 2 is 2.18 bits per heavy atom. The molecule has 0 fully saturated rings. The third-order valence-electron chi connectivity index (χ3n) is 2.71. The van der Waals surface area contributed by atoms with Crippen molar-refractivity contribution in [1.82, 2.24) is 9.88 Å². The van der Waals surface area contributed by atoms with Crippen LogP contribution in [0.4, 0.5) is 0 Å². The number of carbonyl (C=O) groups excluding carboxylic acids is 1. The van der Waals surface area contributed by atoms with Gasteiger partial charge in [0.05, 0.1) is 19.8 Å². The number of rotatable bonds is 11. The summed E-state index contributed by atoms with van der Waals surface area (Å²) >= 11 is 0. The topological polar surface area (TPSA) is 105 Å². The number of amides is 1. The number of hydrogen-bond donors (Lipinski definition) is 2. The summed E-state index contributed by atoms with van der Waals surface area (Å²) in [5.74, 6) is -0.179. The summed E-state index contributed by atoms with van der Waals surface area (Å²) < 4.78 is 16.8. The number of pyridine rings is 1. The first kappa shape index (κ1) is 18.1. The van der Waals surface area contributed by atoms with E-state index in [0.717, 1.165) is 0 Å². The van der Waals surface area contributed by atoms with Gasteiger partial charge in [-0.2, -0.15) is 0 Å². The summed E-state index contributed by atoms with van der Waals surface area (Å²) in [4.78, 5) is 23.6. The second-order valence-corrected chi connectivity index (χ2v) is 4.40. The fourth-order valence-corrected chi connectivity index (χ4v) is 1.64. The molecule has 8 nitrogen and oxygen atoms in total. The van der Waals surface area contributed by atoms with Gasteiger partial charge in [0.15, 0.2) is 12.4 Å². The van der Waals surface area contributed by atoms with E-state index < -0.39 is 0 Å². The van der Waals surface area contributed by atoms with Gasteiger partial charge in [-0.15, -0.1) is 0 Å². The molecule has 0 atom stereocenters. The Balaban J connectivity index is 2.46. The molecule has 0 aliphatic rings. The van der Waals surface area contributed by atoms with E-state index >= 15 is 0 Å². The van der Waals surface area contributed by atoms with Crippen molar-refractivity contribution in [2.24, 2.45) is 5.73 Å². The summed E-state index contributed by atoms with van der Waals surface area (Å²) in [5, 5.41) is 2.61. The molecule has 1 aromatic rings. The van der Waals surface area contributed by atoms with Gasteiger partial charge in [0.2, 0.25) is 0 Å². The minimum atomic E-state index is -0.307. The smallest absolute Gasteiger partial charge is 0.292 e. The molecule has 0 aromatic carbocycles. The van der Waals surface area contributed by atoms with Gasteiger partial charge in [0, 0.05) is 32.9 Å². The van der Waals surface area contributed by atoms with Gasteiger partial charge >= 0.3 is 0 Å². The van der Waals surface area contributed by atoms with Gasteiger partial charge in [-0.3, -0.25) is 9.59 Å². The first-order chi connectivity index (χ1) is 10.7. The predicted molar refractivity (Wildman–Crippen MR) is 81.0 cm³/mol. The van der Waals surface area contributed by atoms with Gasteiger partial charge in [0.25, 0.3) is 11.5 Å². The van der Waals surface area contributed by atoms with Crippen LogP contribution < -0.4 is 21.3 Å². The van der Waals surface area contributed by atoms with Crippen molar-refractivity contribution in [2.75, 3.05) is 46.6 Å². The van der Waals surface area contributed by atoms with Crippen molar-refractivity contribution in [3.8, 4) is 5.75 Å². The molecule has 0 spiro atoms. The van der Waals surface area contributed by atoms with Crippen LogP contribution in [0.5, 0.6) is 5.75 Å². The number of methoxy groups -OCH3 is 1. The zero-order chi connectivity index (χ0) is 16.2. The molecule has 0 aliphatic heterocycles. The van der Waals surface area contributed by atoms with Gasteiger partial charge < -0.3 is 29.8 Å². The van der Waals surface area contributed by atoms with Crippen LogP contribution >= 0.6 is 0 Å². The Labute approximate surface area is 129 Å². The lowest BCUT2D eigenvalue weighted by molar-refractivity contribution is -0.123. The zero-order valence-corrected chi connectivity index (χ0v) is 12.7. The molecular weight excluding hydrogens is 290 g/mol. The van der Waals surface area contributed by atoms with E-state index in [2.05, 4.69) is 5.32 Å². The van der Waals surface area contributed by atoms with E-state index in [4.69, 9.17) is 19.9 Å². The Hall–Kier alpha value is -1.90. The minimum Gasteiger partial charge on any atom is -0.478 e. The summed E-state index contributed by atoms with van der Waals surface area (Å²) in [5.41, 5.74) is 5.01. The number of aromatic nitrogens is 1. The fraction of sp³-hybridized carbons (Fsp3) is 0.571. The molecule has 0 saturated carbocycles. The van der Waals surface area contributed by atoms with Crippen molar-refractivity contribution in [1.29, 1.82) is 0 Å². The number of hydrogen-bond acceptors (Lipinski definition) is 6. The highest BCUT2D eigenvalue weighted by atomic mass is 16.5. The van der Waals surface area contributed by atoms with Crippen LogP contribution in [0.3, 0.4) is 0 Å². The molecule has 0 saturated heterocycles. The molecule has 22 heavy (non-hydrogen) atoms. The Morgan fingerprint density at radius 3 is 2.91 bits per heavy atom. The molecular formula is C14H23N3O5. The van der Waals surface area contributed by atoms with Crippen LogP contribution in [0.1, 0.15) is 0 Å². The average molecular weight is 313 g/mol. The lowest BCUT2D eigenvalue weighted by Crippen LogP contribution is -2.33. The van der Waals surface area contributed by atoms with Gasteiger partial charge in [-0.25, -0.2) is 0 Å². The average Bonchev–Trinajstić information content (AvgIpc) is 2.52. The van der Waals surface area contributed by atoms with Crippen LogP contribution in [0, 0.1) is 0 Å². The highest BCUT2D eigenvalue weighted by Crippen LogP contribution is 2.01. The molecule has 8 heteroatoms. The summed E-state index contributed by atoms with van der Waals surface area (Å²) in [7, 11) is 1.55. The SMILES string of the molecule is COCCNC(=O)COc1cccn(CCOCCN)c1=O. The van der Waals surface area contributed by atoms with E-state index in [-0.39, 0.29) is 23.8 Å². The van der Waals surface area contributed by atoms with Crippen molar-refractivity contribution in [3.05, 3.63) is 28.7 Å². The van der Waals surface area contributed by atoms with E-state index in [1.165, 1.54) is 10.6 Å². The summed E-state index contributed by atoms with van der Waals surface area (Å²) in [6.45, 7) is 2.28. The number of nitrogens with two attached hydrogens (primary N) is 1. The second kappa shape index (κ2) is 10.8. The molecule has 3 N–H and O–H groups in total. The lowest BCUT2D eigenvalue weighted by Gasteiger charge is -2.10. The molecule has 124 valence electrons. The quantitative estimate of drug-likeness (QED) is 0.506. The van der Waals surface area contributed by atoms with Crippen molar-refractivity contribution in [2.45, 2.75) is 6.54 Å². The lowest BCUT2D eigenvalue weighted by atomic mass is 10.4. The number of nitrogens with zero attached hydrogens (tertiary/aromatic N) is 1. The first-order valence-electron chi connectivity index (χ1n) is 7.04. The first-order valence-corrected chi connectivity index (χ1v) is 7.04. The highest BCUT2D eigenvalue weighted by Gasteiger charge is 2.07. The molecule has 0 bridgehead atoms. The van der Waals surface area contributed by atoms with Crippen LogP contribution in [-0.4, -0.2) is 57.1 Å². The largest absolute Gasteiger partial charge is 0.478 e. The van der Waals surface area contributed by atoms with Gasteiger partial charge in [-0.05, 0) is 12.1 Å². The normalized spacial score (nSPS) is 10.5. The monoisotopic (exact) mass is 313 g/mol. The molecule has 1 aromatic heterocycles. The van der Waals surface area contributed by atoms with E-state index in [0.29, 0.717) is 39.5 Å². The highest BCUT2D eigenvalue weighted by molar-refractivity contribution is 5.77.